The molecule has 4 heteroatoms. The molecule has 246 valence electrons. The molecular formula is C41H59NO3. The molecule has 0 bridgehead atoms. The number of hydrogen-bond donors (Lipinski definition) is 1. The number of unbranched alkanes of at least 4 members (excludes halogenated alkanes) is 12. The lowest BCUT2D eigenvalue weighted by Gasteiger charge is -2.37. The molecule has 4 nitrogen and oxygen atoms in total. The van der Waals surface area contributed by atoms with Crippen molar-refractivity contribution in [2.45, 2.75) is 122 Å². The van der Waals surface area contributed by atoms with Crippen molar-refractivity contribution in [3.8, 4) is 0 Å². The van der Waals surface area contributed by atoms with Gasteiger partial charge >= 0.3 is 0 Å². The Morgan fingerprint density at radius 3 is 1.49 bits per heavy atom. The van der Waals surface area contributed by atoms with Crippen molar-refractivity contribution in [2.75, 3.05) is 19.8 Å². The number of ether oxygens (including phenoxy) is 2. The third-order valence-corrected chi connectivity index (χ3v) is 8.66. The quantitative estimate of drug-likeness (QED) is 0.0764. The molecule has 0 saturated heterocycles. The van der Waals surface area contributed by atoms with Crippen LogP contribution in [0.4, 0.5) is 0 Å². The van der Waals surface area contributed by atoms with Crippen LogP contribution in [-0.2, 0) is 19.9 Å². The number of benzene rings is 3. The van der Waals surface area contributed by atoms with Gasteiger partial charge in [0.15, 0.2) is 0 Å². The average Bonchev–Trinajstić information content (AvgIpc) is 3.09. The molecule has 3 rings (SSSR count). The lowest BCUT2D eigenvalue weighted by atomic mass is 9.80. The van der Waals surface area contributed by atoms with E-state index in [4.69, 9.17) is 9.47 Å². The van der Waals surface area contributed by atoms with E-state index in [0.29, 0.717) is 26.2 Å². The molecule has 0 saturated carbocycles. The van der Waals surface area contributed by atoms with Crippen LogP contribution < -0.4 is 5.32 Å². The minimum absolute atomic E-state index is 0.106. The van der Waals surface area contributed by atoms with Crippen molar-refractivity contribution in [1.82, 2.24) is 5.32 Å². The summed E-state index contributed by atoms with van der Waals surface area (Å²) in [6, 6.07) is 31.3. The largest absolute Gasteiger partial charge is 0.374 e. The fraction of sp³-hybridized carbons (Fsp3) is 0.537. The van der Waals surface area contributed by atoms with Gasteiger partial charge in [-0.05, 0) is 29.5 Å². The third kappa shape index (κ3) is 13.1. The molecule has 3 aromatic rings. The summed E-state index contributed by atoms with van der Waals surface area (Å²) in [6.07, 6.45) is 17.4. The molecule has 0 radical (unpaired) electrons. The van der Waals surface area contributed by atoms with Crippen molar-refractivity contribution >= 4 is 5.91 Å². The van der Waals surface area contributed by atoms with E-state index < -0.39 is 5.60 Å². The highest BCUT2D eigenvalue weighted by molar-refractivity contribution is 5.75. The van der Waals surface area contributed by atoms with Crippen LogP contribution in [0, 0.1) is 0 Å². The molecule has 0 aliphatic rings. The summed E-state index contributed by atoms with van der Waals surface area (Å²) in [7, 11) is 0. The second-order valence-corrected chi connectivity index (χ2v) is 12.4. The number of carbonyl (C=O) groups excluding carboxylic acids is 1. The number of amides is 1. The van der Waals surface area contributed by atoms with Crippen LogP contribution in [-0.4, -0.2) is 31.8 Å². The second kappa shape index (κ2) is 22.5. The zero-order chi connectivity index (χ0) is 31.8. The minimum Gasteiger partial charge on any atom is -0.374 e. The maximum absolute atomic E-state index is 12.9. The Morgan fingerprint density at radius 1 is 0.600 bits per heavy atom. The molecule has 0 aliphatic carbocycles. The van der Waals surface area contributed by atoms with Crippen LogP contribution in [0.3, 0.4) is 0 Å². The maximum atomic E-state index is 12.9. The number of hydrogen-bond acceptors (Lipinski definition) is 3. The average molecular weight is 614 g/mol. The normalized spacial score (nSPS) is 12.2. The fourth-order valence-electron chi connectivity index (χ4n) is 6.02. The molecule has 0 fully saturated rings. The third-order valence-electron chi connectivity index (χ3n) is 8.66. The Morgan fingerprint density at radius 2 is 1.02 bits per heavy atom. The Labute approximate surface area is 274 Å². The topological polar surface area (TPSA) is 47.6 Å². The lowest BCUT2D eigenvalue weighted by Crippen LogP contribution is -2.41. The van der Waals surface area contributed by atoms with Crippen molar-refractivity contribution in [3.63, 3.8) is 0 Å². The molecule has 45 heavy (non-hydrogen) atoms. The minimum atomic E-state index is -0.812. The van der Waals surface area contributed by atoms with E-state index in [1.807, 2.05) is 18.2 Å². The van der Waals surface area contributed by atoms with E-state index in [0.717, 1.165) is 42.4 Å². The molecule has 1 N–H and O–H groups in total. The Balaban J connectivity index is 1.66. The first kappa shape index (κ1) is 36.5. The Hall–Kier alpha value is -2.95. The first-order chi connectivity index (χ1) is 22.2. The summed E-state index contributed by atoms with van der Waals surface area (Å²) in [5, 5.41) is 3.18. The number of rotatable bonds is 25. The number of carbonyl (C=O) groups is 1. The Kier molecular flexibility index (Phi) is 18.3. The van der Waals surface area contributed by atoms with E-state index in [1.54, 1.807) is 0 Å². The predicted molar refractivity (Wildman–Crippen MR) is 189 cm³/mol. The van der Waals surface area contributed by atoms with Crippen molar-refractivity contribution < 1.29 is 14.3 Å². The summed E-state index contributed by atoms with van der Waals surface area (Å²) in [5.41, 5.74) is 2.38. The molecule has 0 heterocycles. The van der Waals surface area contributed by atoms with Gasteiger partial charge in [-0.15, -0.1) is 0 Å². The van der Waals surface area contributed by atoms with E-state index in [1.165, 1.54) is 64.2 Å². The second-order valence-electron chi connectivity index (χ2n) is 12.4. The molecule has 1 atom stereocenters. The first-order valence-electron chi connectivity index (χ1n) is 17.9. The summed E-state index contributed by atoms with van der Waals surface area (Å²) in [4.78, 5) is 12.9. The molecule has 1 unspecified atom stereocenters. The highest BCUT2D eigenvalue weighted by Gasteiger charge is 2.38. The smallest absolute Gasteiger partial charge is 0.220 e. The van der Waals surface area contributed by atoms with E-state index in [-0.39, 0.29) is 12.0 Å². The summed E-state index contributed by atoms with van der Waals surface area (Å²) >= 11 is 0. The highest BCUT2D eigenvalue weighted by atomic mass is 16.5. The van der Waals surface area contributed by atoms with Crippen LogP contribution in [0.2, 0.25) is 0 Å². The SMILES string of the molecule is CCCCCCCCCCCC(=O)NCC(COC(c1ccccc1)(c1ccccc1)c1ccccc1)OCCCCCCC. The molecule has 0 aliphatic heterocycles. The molecule has 0 spiro atoms. The van der Waals surface area contributed by atoms with Crippen molar-refractivity contribution in [2.24, 2.45) is 0 Å². The van der Waals surface area contributed by atoms with Crippen LogP contribution in [0.1, 0.15) is 127 Å². The fourth-order valence-corrected chi connectivity index (χ4v) is 6.02. The first-order valence-corrected chi connectivity index (χ1v) is 17.9. The molecule has 1 amide bonds. The zero-order valence-electron chi connectivity index (χ0n) is 28.2. The van der Waals surface area contributed by atoms with E-state index in [2.05, 4.69) is 92.0 Å². The summed E-state index contributed by atoms with van der Waals surface area (Å²) in [5.74, 6) is 0.106. The van der Waals surface area contributed by atoms with Gasteiger partial charge in [0.05, 0.1) is 12.7 Å². The number of nitrogens with one attached hydrogen (secondary N) is 1. The van der Waals surface area contributed by atoms with Crippen LogP contribution in [0.15, 0.2) is 91.0 Å². The van der Waals surface area contributed by atoms with Crippen LogP contribution >= 0.6 is 0 Å². The predicted octanol–water partition coefficient (Wildman–Crippen LogP) is 10.4. The van der Waals surface area contributed by atoms with E-state index in [9.17, 15) is 4.79 Å². The van der Waals surface area contributed by atoms with Crippen LogP contribution in [0.5, 0.6) is 0 Å². The van der Waals surface area contributed by atoms with Gasteiger partial charge in [0.1, 0.15) is 5.60 Å². The molecular weight excluding hydrogens is 554 g/mol. The highest BCUT2D eigenvalue weighted by Crippen LogP contribution is 2.40. The van der Waals surface area contributed by atoms with Gasteiger partial charge in [0.2, 0.25) is 5.91 Å². The maximum Gasteiger partial charge on any atom is 0.220 e. The standard InChI is InChI=1S/C41H59NO3/c1-3-5-7-9-10-11-12-13-24-32-40(43)42-34-39(44-33-25-14-8-6-4-2)35-45-41(36-26-18-15-19-27-36,37-28-20-16-21-29-37)38-30-22-17-23-31-38/h15-23,26-31,39H,3-14,24-25,32-35H2,1-2H3,(H,42,43). The van der Waals surface area contributed by atoms with Gasteiger partial charge in [-0.2, -0.15) is 0 Å². The monoisotopic (exact) mass is 613 g/mol. The molecule has 3 aromatic carbocycles. The summed E-state index contributed by atoms with van der Waals surface area (Å²) < 4.78 is 13.5. The Bertz CT molecular complexity index is 1040. The van der Waals surface area contributed by atoms with Crippen molar-refractivity contribution in [1.29, 1.82) is 0 Å². The van der Waals surface area contributed by atoms with Crippen molar-refractivity contribution in [3.05, 3.63) is 108 Å². The van der Waals surface area contributed by atoms with Gasteiger partial charge in [0, 0.05) is 19.6 Å². The van der Waals surface area contributed by atoms with Gasteiger partial charge in [-0.1, -0.05) is 182 Å². The summed E-state index contributed by atoms with van der Waals surface area (Å²) in [6.45, 7) is 5.96. The molecule has 0 aromatic heterocycles. The van der Waals surface area contributed by atoms with Gasteiger partial charge in [-0.3, -0.25) is 4.79 Å². The van der Waals surface area contributed by atoms with Gasteiger partial charge in [-0.25, -0.2) is 0 Å². The van der Waals surface area contributed by atoms with E-state index >= 15 is 0 Å². The zero-order valence-corrected chi connectivity index (χ0v) is 28.2. The lowest BCUT2D eigenvalue weighted by molar-refractivity contribution is -0.122. The van der Waals surface area contributed by atoms with Gasteiger partial charge in [0.25, 0.3) is 0 Å². The van der Waals surface area contributed by atoms with Crippen LogP contribution in [0.25, 0.3) is 0 Å². The van der Waals surface area contributed by atoms with Gasteiger partial charge < -0.3 is 14.8 Å².